The molecule has 3 rings (SSSR count). The second-order valence-electron chi connectivity index (χ2n) is 11.4. The number of fused-ring (bicyclic) bond motifs is 1. The zero-order chi connectivity index (χ0) is 21.4. The maximum Gasteiger partial charge on any atom is 0.307 e. The first-order valence-electron chi connectivity index (χ1n) is 12.0. The van der Waals surface area contributed by atoms with E-state index in [0.29, 0.717) is 18.3 Å². The highest BCUT2D eigenvalue weighted by Gasteiger charge is 2.59. The molecule has 0 aromatic rings. The van der Waals surface area contributed by atoms with Gasteiger partial charge in [-0.1, -0.05) is 60.0 Å². The van der Waals surface area contributed by atoms with E-state index in [2.05, 4.69) is 34.6 Å². The van der Waals surface area contributed by atoms with Gasteiger partial charge in [0, 0.05) is 6.42 Å². The molecule has 0 aromatic carbocycles. The van der Waals surface area contributed by atoms with Crippen molar-refractivity contribution < 1.29 is 14.7 Å². The van der Waals surface area contributed by atoms with Gasteiger partial charge in [0.2, 0.25) is 0 Å². The number of aliphatic carboxylic acids is 1. The van der Waals surface area contributed by atoms with Crippen molar-refractivity contribution in [1.29, 1.82) is 0 Å². The Kier molecular flexibility index (Phi) is 6.65. The molecule has 0 spiro atoms. The molecule has 0 aliphatic heterocycles. The molecule has 3 heteroatoms. The zero-order valence-electron chi connectivity index (χ0n) is 19.2. The molecule has 3 nitrogen and oxygen atoms in total. The van der Waals surface area contributed by atoms with E-state index in [1.54, 1.807) is 6.08 Å². The van der Waals surface area contributed by atoms with Crippen molar-refractivity contribution in [3.8, 4) is 0 Å². The summed E-state index contributed by atoms with van der Waals surface area (Å²) in [5.74, 6) is 1.83. The van der Waals surface area contributed by atoms with Gasteiger partial charge in [-0.15, -0.1) is 0 Å². The average Bonchev–Trinajstić information content (AvgIpc) is 3.00. The monoisotopic (exact) mass is 402 g/mol. The Hall–Kier alpha value is -1.12. The van der Waals surface area contributed by atoms with E-state index in [1.807, 2.05) is 6.08 Å². The van der Waals surface area contributed by atoms with Gasteiger partial charge in [-0.25, -0.2) is 0 Å². The van der Waals surface area contributed by atoms with Crippen LogP contribution in [0.15, 0.2) is 12.2 Å². The van der Waals surface area contributed by atoms with E-state index in [0.717, 1.165) is 31.6 Å². The minimum absolute atomic E-state index is 0.150. The second-order valence-corrected chi connectivity index (χ2v) is 11.4. The van der Waals surface area contributed by atoms with E-state index in [9.17, 15) is 14.7 Å². The van der Waals surface area contributed by atoms with Crippen LogP contribution in [0.5, 0.6) is 0 Å². The Labute approximate surface area is 177 Å². The second kappa shape index (κ2) is 8.55. The summed E-state index contributed by atoms with van der Waals surface area (Å²) in [5.41, 5.74) is 0.000623. The maximum absolute atomic E-state index is 12.5. The highest BCUT2D eigenvalue weighted by atomic mass is 16.4. The summed E-state index contributed by atoms with van der Waals surface area (Å²) in [5, 5.41) is 10.3. The molecule has 0 aromatic heterocycles. The van der Waals surface area contributed by atoms with Crippen LogP contribution in [0.25, 0.3) is 0 Å². The lowest BCUT2D eigenvalue weighted by molar-refractivity contribution is -0.156. The number of ketones is 1. The fraction of sp³-hybridized carbons (Fsp3) is 0.846. The first-order chi connectivity index (χ1) is 13.6. The summed E-state index contributed by atoms with van der Waals surface area (Å²) >= 11 is 0. The maximum atomic E-state index is 12.5. The number of hydrogen-bond acceptors (Lipinski definition) is 2. The number of carboxylic acids is 1. The third kappa shape index (κ3) is 4.35. The van der Waals surface area contributed by atoms with Crippen molar-refractivity contribution in [2.45, 2.75) is 92.4 Å². The summed E-state index contributed by atoms with van der Waals surface area (Å²) in [7, 11) is 0. The quantitative estimate of drug-likeness (QED) is 0.527. The van der Waals surface area contributed by atoms with Gasteiger partial charge in [0.25, 0.3) is 0 Å². The van der Waals surface area contributed by atoms with Gasteiger partial charge in [0.05, 0.1) is 5.92 Å². The van der Waals surface area contributed by atoms with Gasteiger partial charge in [-0.3, -0.25) is 9.59 Å². The summed E-state index contributed by atoms with van der Waals surface area (Å²) < 4.78 is 0. The Morgan fingerprint density at radius 3 is 2.41 bits per heavy atom. The molecule has 0 unspecified atom stereocenters. The molecule has 2 fully saturated rings. The van der Waals surface area contributed by atoms with Gasteiger partial charge in [0.15, 0.2) is 5.78 Å². The van der Waals surface area contributed by atoms with Crippen LogP contribution in [0, 0.1) is 46.3 Å². The summed E-state index contributed by atoms with van der Waals surface area (Å²) in [6.07, 6.45) is 13.3. The van der Waals surface area contributed by atoms with Crippen molar-refractivity contribution in [1.82, 2.24) is 0 Å². The first kappa shape index (κ1) is 22.6. The summed E-state index contributed by atoms with van der Waals surface area (Å²) in [6, 6.07) is 0. The van der Waals surface area contributed by atoms with Crippen molar-refractivity contribution in [3.05, 3.63) is 12.2 Å². The fourth-order valence-corrected chi connectivity index (χ4v) is 7.40. The molecule has 3 aliphatic carbocycles. The van der Waals surface area contributed by atoms with Crippen LogP contribution in [-0.4, -0.2) is 16.9 Å². The van der Waals surface area contributed by atoms with E-state index in [1.165, 1.54) is 25.7 Å². The van der Waals surface area contributed by atoms with Gasteiger partial charge in [0.1, 0.15) is 0 Å². The number of rotatable bonds is 7. The topological polar surface area (TPSA) is 54.4 Å². The number of carbonyl (C=O) groups is 2. The Bertz CT molecular complexity index is 650. The van der Waals surface area contributed by atoms with Crippen LogP contribution in [0.2, 0.25) is 0 Å². The van der Waals surface area contributed by atoms with Gasteiger partial charge in [-0.2, -0.15) is 0 Å². The van der Waals surface area contributed by atoms with E-state index >= 15 is 0 Å². The molecule has 29 heavy (non-hydrogen) atoms. The third-order valence-corrected chi connectivity index (χ3v) is 9.16. The number of hydrogen-bond donors (Lipinski definition) is 1. The van der Waals surface area contributed by atoms with Crippen LogP contribution < -0.4 is 0 Å². The summed E-state index contributed by atoms with van der Waals surface area (Å²) in [4.78, 5) is 24.3. The molecule has 0 heterocycles. The van der Waals surface area contributed by atoms with E-state index in [-0.39, 0.29) is 34.4 Å². The molecule has 1 N–H and O–H groups in total. The molecule has 0 saturated heterocycles. The molecule has 0 bridgehead atoms. The lowest BCUT2D eigenvalue weighted by Gasteiger charge is -2.53. The van der Waals surface area contributed by atoms with E-state index < -0.39 is 5.97 Å². The molecule has 0 amide bonds. The highest BCUT2D eigenvalue weighted by molar-refractivity contribution is 5.90. The van der Waals surface area contributed by atoms with Crippen molar-refractivity contribution in [3.63, 3.8) is 0 Å². The standard InChI is InChI=1S/C26H42O3/c1-17(2)7-6-8-18(3)20-9-10-22-23(24(28)29)21(13-16-26(20,22)5)25(4)14-11-19(27)12-15-25/h11,14,17-18,20-23H,6-10,12-13,15-16H2,1-5H3,(H,28,29)/t18-,20-,21+,22+,23+,25-,26+/m0/s1. The zero-order valence-corrected chi connectivity index (χ0v) is 19.2. The number of allylic oxidation sites excluding steroid dienone is 2. The van der Waals surface area contributed by atoms with Crippen LogP contribution in [0.1, 0.15) is 92.4 Å². The SMILES string of the molecule is CC(C)CCC[C@H](C)[C@@H]1CC[C@@H]2[C@H](C(=O)O)[C@H]([C@@]3(C)C=CC(=O)CC3)CC[C@@]21C. The van der Waals surface area contributed by atoms with Gasteiger partial charge < -0.3 is 5.11 Å². The number of carboxylic acid groups (broad SMARTS) is 1. The van der Waals surface area contributed by atoms with E-state index in [4.69, 9.17) is 0 Å². The molecule has 3 aliphatic rings. The highest BCUT2D eigenvalue weighted by Crippen LogP contribution is 2.64. The fourth-order valence-electron chi connectivity index (χ4n) is 7.40. The smallest absolute Gasteiger partial charge is 0.307 e. The lowest BCUT2D eigenvalue weighted by atomic mass is 9.51. The van der Waals surface area contributed by atoms with Crippen LogP contribution >= 0.6 is 0 Å². The third-order valence-electron chi connectivity index (χ3n) is 9.16. The Balaban J connectivity index is 1.79. The lowest BCUT2D eigenvalue weighted by Crippen LogP contribution is -2.50. The van der Waals surface area contributed by atoms with Crippen molar-refractivity contribution in [2.75, 3.05) is 0 Å². The van der Waals surface area contributed by atoms with Crippen LogP contribution in [0.3, 0.4) is 0 Å². The van der Waals surface area contributed by atoms with Crippen LogP contribution in [-0.2, 0) is 9.59 Å². The molecular formula is C26H42O3. The first-order valence-corrected chi connectivity index (χ1v) is 12.0. The predicted octanol–water partition coefficient (Wildman–Crippen LogP) is 6.52. The van der Waals surface area contributed by atoms with Crippen molar-refractivity contribution >= 4 is 11.8 Å². The molecule has 0 radical (unpaired) electrons. The largest absolute Gasteiger partial charge is 0.481 e. The Morgan fingerprint density at radius 1 is 1.10 bits per heavy atom. The number of carbonyl (C=O) groups excluding carboxylic acids is 1. The Morgan fingerprint density at radius 2 is 1.83 bits per heavy atom. The predicted molar refractivity (Wildman–Crippen MR) is 118 cm³/mol. The molecule has 7 atom stereocenters. The minimum atomic E-state index is -0.606. The van der Waals surface area contributed by atoms with Gasteiger partial charge >= 0.3 is 5.97 Å². The summed E-state index contributed by atoms with van der Waals surface area (Å²) in [6.45, 7) is 11.6. The normalized spacial score (nSPS) is 40.8. The van der Waals surface area contributed by atoms with Crippen molar-refractivity contribution in [2.24, 2.45) is 46.3 Å². The van der Waals surface area contributed by atoms with Gasteiger partial charge in [-0.05, 0) is 78.6 Å². The van der Waals surface area contributed by atoms with Crippen LogP contribution in [0.4, 0.5) is 0 Å². The molecule has 2 saturated carbocycles. The average molecular weight is 403 g/mol. The minimum Gasteiger partial charge on any atom is -0.481 e. The molecular weight excluding hydrogens is 360 g/mol. The molecule has 164 valence electrons.